The standard InChI is InChI=1S/C10H14FNO2S/c11-8-15(13,14)10-5-3-9(4-6-10)2-1-7-12/h3-6H,1-2,7-8,12H2. The lowest BCUT2D eigenvalue weighted by Crippen LogP contribution is -2.03. The van der Waals surface area contributed by atoms with E-state index in [1.54, 1.807) is 12.1 Å². The summed E-state index contributed by atoms with van der Waals surface area (Å²) < 4.78 is 34.4. The average molecular weight is 231 g/mol. The average Bonchev–Trinajstić information content (AvgIpc) is 2.27. The van der Waals surface area contributed by atoms with Gasteiger partial charge in [-0.2, -0.15) is 0 Å². The minimum Gasteiger partial charge on any atom is -0.330 e. The maximum atomic E-state index is 12.2. The van der Waals surface area contributed by atoms with Crippen LogP contribution in [0.2, 0.25) is 0 Å². The Labute approximate surface area is 89.0 Å². The predicted octanol–water partition coefficient (Wildman–Crippen LogP) is 1.28. The first kappa shape index (κ1) is 12.1. The number of halogens is 1. The van der Waals surface area contributed by atoms with Crippen LogP contribution in [-0.4, -0.2) is 21.0 Å². The van der Waals surface area contributed by atoms with Gasteiger partial charge in [0.05, 0.1) is 4.90 Å². The van der Waals surface area contributed by atoms with Crippen molar-refractivity contribution >= 4 is 9.84 Å². The Kier molecular flexibility index (Phi) is 4.23. The fourth-order valence-corrected chi connectivity index (χ4v) is 1.91. The van der Waals surface area contributed by atoms with Crippen LogP contribution in [-0.2, 0) is 16.3 Å². The molecule has 0 unspecified atom stereocenters. The van der Waals surface area contributed by atoms with Gasteiger partial charge in [0.1, 0.15) is 0 Å². The van der Waals surface area contributed by atoms with Crippen molar-refractivity contribution in [2.45, 2.75) is 17.7 Å². The summed E-state index contributed by atoms with van der Waals surface area (Å²) in [5, 5.41) is 0. The van der Waals surface area contributed by atoms with Crippen molar-refractivity contribution < 1.29 is 12.8 Å². The normalized spacial score (nSPS) is 11.6. The third kappa shape index (κ3) is 3.28. The van der Waals surface area contributed by atoms with Crippen LogP contribution in [0.4, 0.5) is 4.39 Å². The number of aryl methyl sites for hydroxylation is 1. The van der Waals surface area contributed by atoms with Gasteiger partial charge in [0, 0.05) is 0 Å². The molecule has 5 heteroatoms. The zero-order valence-electron chi connectivity index (χ0n) is 8.32. The van der Waals surface area contributed by atoms with Crippen LogP contribution in [0.1, 0.15) is 12.0 Å². The van der Waals surface area contributed by atoms with Gasteiger partial charge >= 0.3 is 0 Å². The molecule has 84 valence electrons. The van der Waals surface area contributed by atoms with Crippen LogP contribution >= 0.6 is 0 Å². The highest BCUT2D eigenvalue weighted by Gasteiger charge is 2.12. The molecule has 0 aliphatic carbocycles. The molecule has 0 atom stereocenters. The van der Waals surface area contributed by atoms with Gasteiger partial charge in [-0.25, -0.2) is 12.8 Å². The van der Waals surface area contributed by atoms with Gasteiger partial charge in [-0.3, -0.25) is 0 Å². The first-order chi connectivity index (χ1) is 7.10. The Morgan fingerprint density at radius 1 is 1.20 bits per heavy atom. The van der Waals surface area contributed by atoms with Gasteiger partial charge in [-0.05, 0) is 37.1 Å². The van der Waals surface area contributed by atoms with Gasteiger partial charge in [-0.15, -0.1) is 0 Å². The highest BCUT2D eigenvalue weighted by molar-refractivity contribution is 7.91. The summed E-state index contributed by atoms with van der Waals surface area (Å²) >= 11 is 0. The molecule has 0 fully saturated rings. The minimum atomic E-state index is -3.73. The number of sulfone groups is 1. The van der Waals surface area contributed by atoms with E-state index < -0.39 is 15.8 Å². The van der Waals surface area contributed by atoms with Crippen molar-refractivity contribution in [3.8, 4) is 0 Å². The largest absolute Gasteiger partial charge is 0.330 e. The van der Waals surface area contributed by atoms with Crippen LogP contribution < -0.4 is 5.73 Å². The number of benzene rings is 1. The second-order valence-electron chi connectivity index (χ2n) is 3.26. The number of hydrogen-bond donors (Lipinski definition) is 1. The Morgan fingerprint density at radius 3 is 2.27 bits per heavy atom. The summed E-state index contributed by atoms with van der Waals surface area (Å²) in [6, 6.07) is 4.90. The molecule has 0 saturated heterocycles. The fraction of sp³-hybridized carbons (Fsp3) is 0.400. The molecule has 0 spiro atoms. The second-order valence-corrected chi connectivity index (χ2v) is 5.18. The molecule has 0 heterocycles. The predicted molar refractivity (Wildman–Crippen MR) is 57.0 cm³/mol. The van der Waals surface area contributed by atoms with E-state index in [9.17, 15) is 12.8 Å². The molecule has 3 nitrogen and oxygen atoms in total. The molecule has 1 aromatic rings. The summed E-state index contributed by atoms with van der Waals surface area (Å²) in [5.41, 5.74) is 6.36. The number of hydrogen-bond acceptors (Lipinski definition) is 3. The lowest BCUT2D eigenvalue weighted by Gasteiger charge is -2.02. The Hall–Kier alpha value is -0.940. The zero-order valence-corrected chi connectivity index (χ0v) is 9.13. The van der Waals surface area contributed by atoms with E-state index in [0.717, 1.165) is 18.4 Å². The van der Waals surface area contributed by atoms with Crippen LogP contribution in [0.5, 0.6) is 0 Å². The first-order valence-electron chi connectivity index (χ1n) is 4.68. The Morgan fingerprint density at radius 2 is 1.80 bits per heavy atom. The molecule has 0 bridgehead atoms. The fourth-order valence-electron chi connectivity index (χ4n) is 1.23. The number of alkyl halides is 1. The summed E-state index contributed by atoms with van der Waals surface area (Å²) in [7, 11) is -3.73. The van der Waals surface area contributed by atoms with Gasteiger partial charge in [0.2, 0.25) is 9.84 Å². The molecule has 0 aromatic heterocycles. The number of rotatable bonds is 5. The highest BCUT2D eigenvalue weighted by atomic mass is 32.2. The van der Waals surface area contributed by atoms with Crippen molar-refractivity contribution in [2.75, 3.05) is 12.6 Å². The highest BCUT2D eigenvalue weighted by Crippen LogP contribution is 2.13. The molecule has 0 amide bonds. The van der Waals surface area contributed by atoms with Crippen molar-refractivity contribution in [1.82, 2.24) is 0 Å². The SMILES string of the molecule is NCCCc1ccc(S(=O)(=O)CF)cc1. The first-order valence-corrected chi connectivity index (χ1v) is 6.33. The number of nitrogens with two attached hydrogens (primary N) is 1. The monoisotopic (exact) mass is 231 g/mol. The molecule has 1 aromatic carbocycles. The Bertz CT molecular complexity index is 400. The third-order valence-corrected chi connectivity index (χ3v) is 3.37. The molecule has 2 N–H and O–H groups in total. The quantitative estimate of drug-likeness (QED) is 0.830. The molecule has 0 aliphatic heterocycles. The lowest BCUT2D eigenvalue weighted by molar-refractivity contribution is 0.534. The van der Waals surface area contributed by atoms with E-state index in [-0.39, 0.29) is 4.90 Å². The van der Waals surface area contributed by atoms with Gasteiger partial charge in [0.25, 0.3) is 0 Å². The van der Waals surface area contributed by atoms with Crippen molar-refractivity contribution in [1.29, 1.82) is 0 Å². The minimum absolute atomic E-state index is 0.0292. The summed E-state index contributed by atoms with van der Waals surface area (Å²) in [6.07, 6.45) is 1.67. The lowest BCUT2D eigenvalue weighted by atomic mass is 10.1. The molecule has 1 rings (SSSR count). The molecular formula is C10H14FNO2S. The van der Waals surface area contributed by atoms with Crippen LogP contribution in [0.15, 0.2) is 29.2 Å². The zero-order chi connectivity index (χ0) is 11.3. The van der Waals surface area contributed by atoms with Crippen molar-refractivity contribution in [3.05, 3.63) is 29.8 Å². The van der Waals surface area contributed by atoms with Crippen LogP contribution in [0.3, 0.4) is 0 Å². The van der Waals surface area contributed by atoms with E-state index in [1.165, 1.54) is 12.1 Å². The molecular weight excluding hydrogens is 217 g/mol. The molecule has 0 radical (unpaired) electrons. The summed E-state index contributed by atoms with van der Waals surface area (Å²) in [4.78, 5) is 0.0292. The maximum absolute atomic E-state index is 12.2. The molecule has 15 heavy (non-hydrogen) atoms. The van der Waals surface area contributed by atoms with Crippen molar-refractivity contribution in [2.24, 2.45) is 5.73 Å². The third-order valence-electron chi connectivity index (χ3n) is 2.10. The smallest absolute Gasteiger partial charge is 0.207 e. The molecule has 0 saturated carbocycles. The topological polar surface area (TPSA) is 60.2 Å². The van der Waals surface area contributed by atoms with Crippen LogP contribution in [0.25, 0.3) is 0 Å². The van der Waals surface area contributed by atoms with Gasteiger partial charge < -0.3 is 5.73 Å². The summed E-state index contributed by atoms with van der Waals surface area (Å²) in [5.74, 6) is 0. The van der Waals surface area contributed by atoms with Gasteiger partial charge in [-0.1, -0.05) is 12.1 Å². The van der Waals surface area contributed by atoms with E-state index >= 15 is 0 Å². The second kappa shape index (κ2) is 5.23. The van der Waals surface area contributed by atoms with E-state index in [4.69, 9.17) is 5.73 Å². The Balaban J connectivity index is 2.81. The summed E-state index contributed by atoms with van der Waals surface area (Å²) in [6.45, 7) is 0.602. The van der Waals surface area contributed by atoms with Gasteiger partial charge in [0.15, 0.2) is 6.01 Å². The van der Waals surface area contributed by atoms with Crippen LogP contribution in [0, 0.1) is 0 Å². The van der Waals surface area contributed by atoms with E-state index in [1.807, 2.05) is 0 Å². The van der Waals surface area contributed by atoms with E-state index in [2.05, 4.69) is 0 Å². The maximum Gasteiger partial charge on any atom is 0.207 e. The van der Waals surface area contributed by atoms with E-state index in [0.29, 0.717) is 6.54 Å². The molecule has 0 aliphatic rings. The van der Waals surface area contributed by atoms with Crippen molar-refractivity contribution in [3.63, 3.8) is 0 Å².